The smallest absolute Gasteiger partial charge is 0.333 e. The number of carbonyl (C=O) groups is 3. The molecular formula is C12H17NO4. The topological polar surface area (TPSA) is 63.7 Å². The minimum Gasteiger partial charge on any atom is -0.466 e. The summed E-state index contributed by atoms with van der Waals surface area (Å²) in [4.78, 5) is 35.6. The number of hydrogen-bond acceptors (Lipinski definition) is 4. The van der Waals surface area contributed by atoms with Crippen LogP contribution < -0.4 is 0 Å². The summed E-state index contributed by atoms with van der Waals surface area (Å²) >= 11 is 0. The fraction of sp³-hybridized carbons (Fsp3) is 0.583. The molecule has 0 saturated carbocycles. The average Bonchev–Trinajstić information content (AvgIpc) is 2.47. The number of hydrogen-bond donors (Lipinski definition) is 0. The van der Waals surface area contributed by atoms with Gasteiger partial charge in [0.1, 0.15) is 0 Å². The van der Waals surface area contributed by atoms with Gasteiger partial charge in [0.2, 0.25) is 11.8 Å². The first-order chi connectivity index (χ1) is 8.06. The van der Waals surface area contributed by atoms with Crippen molar-refractivity contribution in [2.75, 3.05) is 13.7 Å². The third-order valence-corrected chi connectivity index (χ3v) is 2.72. The lowest BCUT2D eigenvalue weighted by molar-refractivity contribution is -0.143. The third kappa shape index (κ3) is 3.69. The minimum absolute atomic E-state index is 0.151. The lowest BCUT2D eigenvalue weighted by Gasteiger charge is -2.16. The van der Waals surface area contributed by atoms with Gasteiger partial charge < -0.3 is 4.74 Å². The van der Waals surface area contributed by atoms with E-state index >= 15 is 0 Å². The van der Waals surface area contributed by atoms with Crippen LogP contribution in [0.15, 0.2) is 11.6 Å². The summed E-state index contributed by atoms with van der Waals surface area (Å²) in [5, 5.41) is 0. The number of methoxy groups -OCH3 is 1. The number of amides is 2. The number of likely N-dealkylation sites (tertiary alicyclic amines) is 1. The summed E-state index contributed by atoms with van der Waals surface area (Å²) in [5.41, 5.74) is 0.400. The van der Waals surface area contributed by atoms with E-state index in [1.165, 1.54) is 12.0 Å². The number of nitrogens with zero attached hydrogens (tertiary/aromatic N) is 1. The van der Waals surface area contributed by atoms with Gasteiger partial charge >= 0.3 is 5.97 Å². The Bertz CT molecular complexity index is 342. The molecule has 2 amide bonds. The van der Waals surface area contributed by atoms with Gasteiger partial charge in [0, 0.05) is 25.0 Å². The van der Waals surface area contributed by atoms with Crippen LogP contribution in [0.25, 0.3) is 0 Å². The van der Waals surface area contributed by atoms with E-state index in [9.17, 15) is 14.4 Å². The van der Waals surface area contributed by atoms with E-state index in [-0.39, 0.29) is 18.4 Å². The number of ether oxygens (including phenoxy) is 1. The Morgan fingerprint density at radius 1 is 1.29 bits per heavy atom. The van der Waals surface area contributed by atoms with E-state index in [4.69, 9.17) is 0 Å². The van der Waals surface area contributed by atoms with E-state index < -0.39 is 5.97 Å². The number of esters is 1. The van der Waals surface area contributed by atoms with E-state index in [1.807, 2.05) is 0 Å². The number of carbonyl (C=O) groups excluding carboxylic acids is 3. The largest absolute Gasteiger partial charge is 0.466 e. The van der Waals surface area contributed by atoms with Crippen molar-refractivity contribution in [2.45, 2.75) is 32.6 Å². The maximum absolute atomic E-state index is 11.6. The van der Waals surface area contributed by atoms with Crippen LogP contribution in [-0.2, 0) is 19.1 Å². The molecule has 1 heterocycles. The highest BCUT2D eigenvalue weighted by molar-refractivity contribution is 5.96. The molecule has 0 unspecified atom stereocenters. The summed E-state index contributed by atoms with van der Waals surface area (Å²) in [6.45, 7) is 1.75. The Labute approximate surface area is 100 Å². The number of rotatable bonds is 3. The van der Waals surface area contributed by atoms with Gasteiger partial charge in [0.05, 0.1) is 7.11 Å². The monoisotopic (exact) mass is 239 g/mol. The molecule has 0 aromatic carbocycles. The molecule has 1 aliphatic rings. The van der Waals surface area contributed by atoms with Gasteiger partial charge in [-0.15, -0.1) is 0 Å². The van der Waals surface area contributed by atoms with Gasteiger partial charge in [-0.25, -0.2) is 4.79 Å². The third-order valence-electron chi connectivity index (χ3n) is 2.72. The van der Waals surface area contributed by atoms with Gasteiger partial charge in [0.15, 0.2) is 0 Å². The highest BCUT2D eigenvalue weighted by Crippen LogP contribution is 2.12. The fourth-order valence-corrected chi connectivity index (χ4v) is 1.64. The fourth-order valence-electron chi connectivity index (χ4n) is 1.64. The molecule has 0 bridgehead atoms. The quantitative estimate of drug-likeness (QED) is 0.419. The summed E-state index contributed by atoms with van der Waals surface area (Å²) < 4.78 is 4.53. The predicted molar refractivity (Wildman–Crippen MR) is 61.0 cm³/mol. The van der Waals surface area contributed by atoms with Gasteiger partial charge in [-0.05, 0) is 19.8 Å². The Balaban J connectivity index is 2.68. The van der Waals surface area contributed by atoms with E-state index in [0.29, 0.717) is 18.4 Å². The maximum Gasteiger partial charge on any atom is 0.333 e. The zero-order valence-electron chi connectivity index (χ0n) is 10.2. The van der Waals surface area contributed by atoms with Crippen LogP contribution >= 0.6 is 0 Å². The van der Waals surface area contributed by atoms with Crippen molar-refractivity contribution in [1.82, 2.24) is 4.90 Å². The van der Waals surface area contributed by atoms with E-state index in [2.05, 4.69) is 4.74 Å². The molecule has 0 aromatic heterocycles. The van der Waals surface area contributed by atoms with Crippen molar-refractivity contribution in [3.05, 3.63) is 11.6 Å². The van der Waals surface area contributed by atoms with Crippen LogP contribution in [0, 0.1) is 0 Å². The lowest BCUT2D eigenvalue weighted by atomic mass is 10.2. The molecule has 1 aliphatic heterocycles. The molecule has 0 radical (unpaired) electrons. The number of imide groups is 1. The van der Waals surface area contributed by atoms with Crippen molar-refractivity contribution in [2.24, 2.45) is 0 Å². The van der Waals surface area contributed by atoms with Crippen LogP contribution in [-0.4, -0.2) is 36.3 Å². The second-order valence-electron chi connectivity index (χ2n) is 3.98. The molecule has 5 heteroatoms. The second-order valence-corrected chi connectivity index (χ2v) is 3.98. The van der Waals surface area contributed by atoms with Gasteiger partial charge in [-0.2, -0.15) is 0 Å². The molecule has 5 nitrogen and oxygen atoms in total. The van der Waals surface area contributed by atoms with Gasteiger partial charge in [-0.1, -0.05) is 6.08 Å². The lowest BCUT2D eigenvalue weighted by Crippen LogP contribution is -2.35. The summed E-state index contributed by atoms with van der Waals surface area (Å²) in [7, 11) is 1.29. The highest BCUT2D eigenvalue weighted by Gasteiger charge is 2.23. The molecular weight excluding hydrogens is 222 g/mol. The first kappa shape index (κ1) is 13.4. The Morgan fingerprint density at radius 3 is 2.29 bits per heavy atom. The SMILES string of the molecule is COC(=O)C(C)=CCN1C(=O)CCCCC1=O. The van der Waals surface area contributed by atoms with E-state index in [1.54, 1.807) is 13.0 Å². The Hall–Kier alpha value is -1.65. The van der Waals surface area contributed by atoms with Crippen LogP contribution in [0.2, 0.25) is 0 Å². The van der Waals surface area contributed by atoms with Crippen molar-refractivity contribution in [3.63, 3.8) is 0 Å². The molecule has 0 N–H and O–H groups in total. The zero-order valence-corrected chi connectivity index (χ0v) is 10.2. The van der Waals surface area contributed by atoms with Crippen LogP contribution in [0.3, 0.4) is 0 Å². The molecule has 0 atom stereocenters. The molecule has 0 aromatic rings. The minimum atomic E-state index is -0.445. The highest BCUT2D eigenvalue weighted by atomic mass is 16.5. The van der Waals surface area contributed by atoms with Crippen molar-refractivity contribution in [3.8, 4) is 0 Å². The summed E-state index contributed by atoms with van der Waals surface area (Å²) in [5.74, 6) is -0.775. The normalized spacial score (nSPS) is 18.0. The standard InChI is InChI=1S/C12H17NO4/c1-9(12(16)17-2)7-8-13-10(14)5-3-4-6-11(13)15/h7H,3-6,8H2,1-2H3. The second kappa shape index (κ2) is 6.18. The first-order valence-corrected chi connectivity index (χ1v) is 5.64. The Kier molecular flexibility index (Phi) is 4.87. The molecule has 17 heavy (non-hydrogen) atoms. The molecule has 0 spiro atoms. The molecule has 0 aliphatic carbocycles. The summed E-state index contributed by atoms with van der Waals surface area (Å²) in [6.07, 6.45) is 3.85. The first-order valence-electron chi connectivity index (χ1n) is 5.64. The van der Waals surface area contributed by atoms with Crippen LogP contribution in [0.1, 0.15) is 32.6 Å². The molecule has 94 valence electrons. The van der Waals surface area contributed by atoms with Gasteiger partial charge in [-0.3, -0.25) is 14.5 Å². The molecule has 1 saturated heterocycles. The van der Waals surface area contributed by atoms with Crippen LogP contribution in [0.4, 0.5) is 0 Å². The summed E-state index contributed by atoms with van der Waals surface area (Å²) in [6, 6.07) is 0. The predicted octanol–water partition coefficient (Wildman–Crippen LogP) is 1.03. The molecule has 1 rings (SSSR count). The van der Waals surface area contributed by atoms with Crippen molar-refractivity contribution >= 4 is 17.8 Å². The van der Waals surface area contributed by atoms with Crippen molar-refractivity contribution < 1.29 is 19.1 Å². The maximum atomic E-state index is 11.6. The van der Waals surface area contributed by atoms with E-state index in [0.717, 1.165) is 12.8 Å². The van der Waals surface area contributed by atoms with Crippen LogP contribution in [0.5, 0.6) is 0 Å². The average molecular weight is 239 g/mol. The zero-order chi connectivity index (χ0) is 12.8. The molecule has 1 fully saturated rings. The van der Waals surface area contributed by atoms with Crippen molar-refractivity contribution in [1.29, 1.82) is 0 Å². The Morgan fingerprint density at radius 2 is 1.82 bits per heavy atom. The van der Waals surface area contributed by atoms with Gasteiger partial charge in [0.25, 0.3) is 0 Å².